The lowest BCUT2D eigenvalue weighted by Gasteiger charge is -2.28. The number of hydrogen-bond donors (Lipinski definition) is 2. The minimum atomic E-state index is -1.55. The minimum absolute atomic E-state index is 0.282. The van der Waals surface area contributed by atoms with Crippen LogP contribution in [0.3, 0.4) is 0 Å². The Hall–Kier alpha value is -2.06. The molecule has 2 N–H and O–H groups in total. The van der Waals surface area contributed by atoms with E-state index < -0.39 is 5.60 Å². The first-order valence-corrected chi connectivity index (χ1v) is 5.37. The van der Waals surface area contributed by atoms with Crippen LogP contribution in [0.5, 0.6) is 0 Å². The summed E-state index contributed by atoms with van der Waals surface area (Å²) in [5.41, 5.74) is -0.361. The Bertz CT molecular complexity index is 463. The fraction of sp³-hybridized carbons (Fsp3) is 0.0667. The van der Waals surface area contributed by atoms with E-state index in [1.165, 1.54) is 0 Å². The van der Waals surface area contributed by atoms with Gasteiger partial charge in [-0.05, 0) is 11.1 Å². The van der Waals surface area contributed by atoms with Gasteiger partial charge >= 0.3 is 0 Å². The molecular weight excluding hydrogens is 212 g/mol. The third-order valence-corrected chi connectivity index (χ3v) is 2.80. The highest BCUT2D eigenvalue weighted by Gasteiger charge is 2.34. The van der Waals surface area contributed by atoms with Crippen molar-refractivity contribution in [3.8, 4) is 0 Å². The summed E-state index contributed by atoms with van der Waals surface area (Å²) in [6.45, 7) is 3.49. The van der Waals surface area contributed by atoms with Gasteiger partial charge in [-0.15, -0.1) is 0 Å². The van der Waals surface area contributed by atoms with E-state index in [1.807, 2.05) is 36.4 Å². The number of benzene rings is 2. The van der Waals surface area contributed by atoms with Crippen LogP contribution in [0.25, 0.3) is 0 Å². The van der Waals surface area contributed by atoms with Crippen molar-refractivity contribution in [3.05, 3.63) is 84.1 Å². The summed E-state index contributed by atoms with van der Waals surface area (Å²) in [5, 5.41) is 20.4. The van der Waals surface area contributed by atoms with E-state index in [4.69, 9.17) is 0 Å². The predicted octanol–water partition coefficient (Wildman–Crippen LogP) is 2.99. The Balaban J connectivity index is 2.59. The number of aliphatic hydroxyl groups excluding tert-OH is 1. The standard InChI is InChI=1S/C15H14O2/c1-12(16)15(17,13-8-4-2-5-9-13)14-10-6-3-7-11-14/h2-11,16-17H,1H2. The summed E-state index contributed by atoms with van der Waals surface area (Å²) in [6, 6.07) is 18.0. The molecular formula is C15H14O2. The molecule has 2 aromatic rings. The smallest absolute Gasteiger partial charge is 0.171 e. The molecule has 2 heteroatoms. The predicted molar refractivity (Wildman–Crippen MR) is 67.7 cm³/mol. The van der Waals surface area contributed by atoms with E-state index in [-0.39, 0.29) is 5.76 Å². The van der Waals surface area contributed by atoms with Gasteiger partial charge in [0.25, 0.3) is 0 Å². The molecule has 0 spiro atoms. The normalized spacial score (nSPS) is 11.1. The SMILES string of the molecule is C=C(O)C(O)(c1ccccc1)c1ccccc1. The molecule has 0 saturated heterocycles. The minimum Gasteiger partial charge on any atom is -0.509 e. The Morgan fingerprint density at radius 2 is 1.18 bits per heavy atom. The number of hydrogen-bond acceptors (Lipinski definition) is 2. The van der Waals surface area contributed by atoms with Gasteiger partial charge in [0.1, 0.15) is 5.76 Å². The van der Waals surface area contributed by atoms with Crippen LogP contribution in [0.15, 0.2) is 73.0 Å². The lowest BCUT2D eigenvalue weighted by Crippen LogP contribution is -2.29. The summed E-state index contributed by atoms with van der Waals surface area (Å²) in [7, 11) is 0. The van der Waals surface area contributed by atoms with Gasteiger partial charge in [-0.2, -0.15) is 0 Å². The van der Waals surface area contributed by atoms with Gasteiger partial charge < -0.3 is 10.2 Å². The van der Waals surface area contributed by atoms with Crippen molar-refractivity contribution in [2.75, 3.05) is 0 Å². The maximum Gasteiger partial charge on any atom is 0.171 e. The van der Waals surface area contributed by atoms with Crippen molar-refractivity contribution in [1.29, 1.82) is 0 Å². The van der Waals surface area contributed by atoms with E-state index >= 15 is 0 Å². The van der Waals surface area contributed by atoms with Gasteiger partial charge in [0.15, 0.2) is 5.60 Å². The van der Waals surface area contributed by atoms with Crippen molar-refractivity contribution in [1.82, 2.24) is 0 Å². The molecule has 86 valence electrons. The molecule has 0 aliphatic carbocycles. The Morgan fingerprint density at radius 1 is 0.824 bits per heavy atom. The van der Waals surface area contributed by atoms with Gasteiger partial charge in [-0.1, -0.05) is 67.2 Å². The van der Waals surface area contributed by atoms with Gasteiger partial charge in [-0.3, -0.25) is 0 Å². The molecule has 2 aromatic carbocycles. The maximum absolute atomic E-state index is 10.7. The monoisotopic (exact) mass is 226 g/mol. The van der Waals surface area contributed by atoms with Crippen molar-refractivity contribution < 1.29 is 10.2 Å². The molecule has 0 heterocycles. The maximum atomic E-state index is 10.7. The third kappa shape index (κ3) is 1.95. The van der Waals surface area contributed by atoms with Crippen molar-refractivity contribution in [2.24, 2.45) is 0 Å². The van der Waals surface area contributed by atoms with Crippen LogP contribution in [0.1, 0.15) is 11.1 Å². The zero-order valence-electron chi connectivity index (χ0n) is 9.38. The molecule has 0 fully saturated rings. The van der Waals surface area contributed by atoms with E-state index in [2.05, 4.69) is 6.58 Å². The molecule has 2 rings (SSSR count). The lowest BCUT2D eigenvalue weighted by atomic mass is 9.85. The largest absolute Gasteiger partial charge is 0.509 e. The van der Waals surface area contributed by atoms with Gasteiger partial charge in [0.2, 0.25) is 0 Å². The highest BCUT2D eigenvalue weighted by molar-refractivity contribution is 5.41. The zero-order chi connectivity index (χ0) is 12.3. The molecule has 0 radical (unpaired) electrons. The zero-order valence-corrected chi connectivity index (χ0v) is 9.38. The Kier molecular flexibility index (Phi) is 2.98. The molecule has 17 heavy (non-hydrogen) atoms. The second kappa shape index (κ2) is 4.44. The Labute approximate surface area is 100 Å². The highest BCUT2D eigenvalue weighted by Crippen LogP contribution is 2.34. The van der Waals surface area contributed by atoms with Crippen LogP contribution in [-0.2, 0) is 5.60 Å². The molecule has 2 nitrogen and oxygen atoms in total. The van der Waals surface area contributed by atoms with E-state index in [1.54, 1.807) is 24.3 Å². The third-order valence-electron chi connectivity index (χ3n) is 2.80. The van der Waals surface area contributed by atoms with Crippen LogP contribution >= 0.6 is 0 Å². The van der Waals surface area contributed by atoms with Gasteiger partial charge in [0.05, 0.1) is 0 Å². The molecule has 0 bridgehead atoms. The van der Waals surface area contributed by atoms with Crippen molar-refractivity contribution in [2.45, 2.75) is 5.60 Å². The fourth-order valence-corrected chi connectivity index (χ4v) is 1.86. The quantitative estimate of drug-likeness (QED) is 0.790. The first kappa shape index (κ1) is 11.4. The van der Waals surface area contributed by atoms with E-state index in [0.29, 0.717) is 11.1 Å². The second-order valence-electron chi connectivity index (χ2n) is 3.89. The Morgan fingerprint density at radius 3 is 1.47 bits per heavy atom. The van der Waals surface area contributed by atoms with Crippen LogP contribution in [0.2, 0.25) is 0 Å². The number of rotatable bonds is 3. The molecule has 0 atom stereocenters. The average molecular weight is 226 g/mol. The first-order chi connectivity index (χ1) is 8.15. The van der Waals surface area contributed by atoms with Crippen LogP contribution in [-0.4, -0.2) is 10.2 Å². The molecule has 0 aliphatic rings. The summed E-state index contributed by atoms with van der Waals surface area (Å²) < 4.78 is 0. The van der Waals surface area contributed by atoms with Crippen LogP contribution < -0.4 is 0 Å². The summed E-state index contributed by atoms with van der Waals surface area (Å²) >= 11 is 0. The molecule has 0 saturated carbocycles. The van der Waals surface area contributed by atoms with Crippen LogP contribution in [0.4, 0.5) is 0 Å². The second-order valence-corrected chi connectivity index (χ2v) is 3.89. The van der Waals surface area contributed by atoms with Gasteiger partial charge in [-0.25, -0.2) is 0 Å². The number of aliphatic hydroxyl groups is 2. The highest BCUT2D eigenvalue weighted by atomic mass is 16.3. The van der Waals surface area contributed by atoms with Crippen molar-refractivity contribution >= 4 is 0 Å². The summed E-state index contributed by atoms with van der Waals surface area (Å²) in [6.07, 6.45) is 0. The lowest BCUT2D eigenvalue weighted by molar-refractivity contribution is 0.0722. The molecule has 0 aliphatic heterocycles. The molecule has 0 amide bonds. The molecule has 0 aromatic heterocycles. The van der Waals surface area contributed by atoms with Gasteiger partial charge in [0, 0.05) is 0 Å². The fourth-order valence-electron chi connectivity index (χ4n) is 1.86. The first-order valence-electron chi connectivity index (χ1n) is 5.37. The van der Waals surface area contributed by atoms with E-state index in [0.717, 1.165) is 0 Å². The summed E-state index contributed by atoms with van der Waals surface area (Å²) in [5.74, 6) is -0.282. The topological polar surface area (TPSA) is 40.5 Å². The van der Waals surface area contributed by atoms with E-state index in [9.17, 15) is 10.2 Å². The van der Waals surface area contributed by atoms with Crippen molar-refractivity contribution in [3.63, 3.8) is 0 Å². The molecule has 0 unspecified atom stereocenters. The average Bonchev–Trinajstić information content (AvgIpc) is 2.39. The van der Waals surface area contributed by atoms with Crippen LogP contribution in [0, 0.1) is 0 Å². The summed E-state index contributed by atoms with van der Waals surface area (Å²) in [4.78, 5) is 0.